The lowest BCUT2D eigenvalue weighted by atomic mass is 10.1. The summed E-state index contributed by atoms with van der Waals surface area (Å²) in [6, 6.07) is 8.99. The molecule has 0 unspecified atom stereocenters. The molecule has 5 heteroatoms. The Morgan fingerprint density at radius 1 is 1.14 bits per heavy atom. The molecule has 1 amide bonds. The lowest BCUT2D eigenvalue weighted by molar-refractivity contribution is 0.102. The Morgan fingerprint density at radius 3 is 2.71 bits per heavy atom. The summed E-state index contributed by atoms with van der Waals surface area (Å²) in [6.07, 6.45) is 1.29. The van der Waals surface area contributed by atoms with Gasteiger partial charge in [-0.1, -0.05) is 18.2 Å². The van der Waals surface area contributed by atoms with Crippen molar-refractivity contribution >= 4 is 22.6 Å². The third-order valence-electron chi connectivity index (χ3n) is 3.22. The van der Waals surface area contributed by atoms with E-state index in [9.17, 15) is 13.6 Å². The number of nitrogens with one attached hydrogen (secondary N) is 1. The molecule has 0 spiro atoms. The van der Waals surface area contributed by atoms with Crippen molar-refractivity contribution in [1.29, 1.82) is 0 Å². The van der Waals surface area contributed by atoms with E-state index >= 15 is 0 Å². The highest BCUT2D eigenvalue weighted by molar-refractivity contribution is 6.12. The van der Waals surface area contributed by atoms with Crippen LogP contribution in [0.15, 0.2) is 47.1 Å². The van der Waals surface area contributed by atoms with Gasteiger partial charge in [0, 0.05) is 11.5 Å². The van der Waals surface area contributed by atoms with Gasteiger partial charge in [0.1, 0.15) is 23.5 Å². The molecule has 3 rings (SSSR count). The smallest absolute Gasteiger partial charge is 0.259 e. The quantitative estimate of drug-likeness (QED) is 0.764. The summed E-state index contributed by atoms with van der Waals surface area (Å²) in [4.78, 5) is 12.2. The number of benzene rings is 2. The number of fused-ring (bicyclic) bond motifs is 1. The standard InChI is InChI=1S/C16H11F2NO2/c1-9-6-13(18)14(7-12(9)17)19-16(20)11-8-21-15-5-3-2-4-10(11)15/h2-8H,1H3,(H,19,20). The van der Waals surface area contributed by atoms with Crippen LogP contribution in [-0.4, -0.2) is 5.91 Å². The van der Waals surface area contributed by atoms with Crippen LogP contribution in [0.5, 0.6) is 0 Å². The van der Waals surface area contributed by atoms with Gasteiger partial charge in [0.25, 0.3) is 5.91 Å². The Morgan fingerprint density at radius 2 is 1.90 bits per heavy atom. The van der Waals surface area contributed by atoms with Crippen LogP contribution in [0, 0.1) is 18.6 Å². The number of anilines is 1. The maximum atomic E-state index is 13.7. The number of hydrogen-bond acceptors (Lipinski definition) is 2. The first kappa shape index (κ1) is 13.3. The fourth-order valence-electron chi connectivity index (χ4n) is 2.09. The summed E-state index contributed by atoms with van der Waals surface area (Å²) in [5.74, 6) is -1.82. The summed E-state index contributed by atoms with van der Waals surface area (Å²) in [5, 5.41) is 2.97. The number of amides is 1. The van der Waals surface area contributed by atoms with E-state index < -0.39 is 17.5 Å². The number of halogens is 2. The third-order valence-corrected chi connectivity index (χ3v) is 3.22. The molecule has 3 aromatic rings. The van der Waals surface area contributed by atoms with E-state index in [-0.39, 0.29) is 16.8 Å². The molecule has 2 aromatic carbocycles. The predicted molar refractivity (Wildman–Crippen MR) is 75.3 cm³/mol. The number of carbonyl (C=O) groups excluding carboxylic acids is 1. The molecular formula is C16H11F2NO2. The highest BCUT2D eigenvalue weighted by Crippen LogP contribution is 2.23. The highest BCUT2D eigenvalue weighted by atomic mass is 19.1. The Hall–Kier alpha value is -2.69. The topological polar surface area (TPSA) is 42.2 Å². The number of rotatable bonds is 2. The van der Waals surface area contributed by atoms with Gasteiger partial charge < -0.3 is 9.73 Å². The molecule has 0 saturated carbocycles. The van der Waals surface area contributed by atoms with E-state index in [1.807, 2.05) is 0 Å². The first-order valence-corrected chi connectivity index (χ1v) is 6.29. The predicted octanol–water partition coefficient (Wildman–Crippen LogP) is 4.27. The lowest BCUT2D eigenvalue weighted by Gasteiger charge is -2.07. The summed E-state index contributed by atoms with van der Waals surface area (Å²) >= 11 is 0. The number of carbonyl (C=O) groups is 1. The van der Waals surface area contributed by atoms with Crippen LogP contribution in [0.2, 0.25) is 0 Å². The zero-order valence-corrected chi connectivity index (χ0v) is 11.1. The Balaban J connectivity index is 1.95. The first-order chi connectivity index (χ1) is 10.1. The summed E-state index contributed by atoms with van der Waals surface area (Å²) in [5.41, 5.74) is 0.803. The van der Waals surface area contributed by atoms with Crippen LogP contribution in [-0.2, 0) is 0 Å². The normalized spacial score (nSPS) is 10.8. The number of para-hydroxylation sites is 1. The molecule has 0 aliphatic rings. The van der Waals surface area contributed by atoms with Crippen molar-refractivity contribution in [3.8, 4) is 0 Å². The SMILES string of the molecule is Cc1cc(F)c(NC(=O)c2coc3ccccc23)cc1F. The molecule has 106 valence electrons. The van der Waals surface area contributed by atoms with Gasteiger partial charge in [0.15, 0.2) is 0 Å². The Bertz CT molecular complexity index is 839. The molecule has 0 bridgehead atoms. The molecule has 0 aliphatic heterocycles. The maximum absolute atomic E-state index is 13.7. The van der Waals surface area contributed by atoms with E-state index in [0.29, 0.717) is 11.0 Å². The third kappa shape index (κ3) is 2.38. The van der Waals surface area contributed by atoms with Gasteiger partial charge in [0.05, 0.1) is 11.3 Å². The van der Waals surface area contributed by atoms with Crippen molar-refractivity contribution < 1.29 is 18.0 Å². The van der Waals surface area contributed by atoms with Crippen LogP contribution in [0.25, 0.3) is 11.0 Å². The molecule has 0 atom stereocenters. The van der Waals surface area contributed by atoms with E-state index in [2.05, 4.69) is 5.32 Å². The summed E-state index contributed by atoms with van der Waals surface area (Å²) in [7, 11) is 0. The molecular weight excluding hydrogens is 276 g/mol. The van der Waals surface area contributed by atoms with Gasteiger partial charge in [-0.3, -0.25) is 4.79 Å². The van der Waals surface area contributed by atoms with Crippen molar-refractivity contribution in [3.05, 3.63) is 65.4 Å². The average Bonchev–Trinajstić information content (AvgIpc) is 2.88. The zero-order valence-electron chi connectivity index (χ0n) is 11.1. The molecule has 0 saturated heterocycles. The summed E-state index contributed by atoms with van der Waals surface area (Å²) < 4.78 is 32.5. The van der Waals surface area contributed by atoms with Crippen molar-refractivity contribution in [2.75, 3.05) is 5.32 Å². The molecule has 0 radical (unpaired) electrons. The Kier molecular flexibility index (Phi) is 3.17. The molecule has 0 aliphatic carbocycles. The monoisotopic (exact) mass is 287 g/mol. The number of furan rings is 1. The van der Waals surface area contributed by atoms with Gasteiger partial charge >= 0.3 is 0 Å². The van der Waals surface area contributed by atoms with Gasteiger partial charge in [-0.15, -0.1) is 0 Å². The average molecular weight is 287 g/mol. The van der Waals surface area contributed by atoms with E-state index in [1.54, 1.807) is 24.3 Å². The number of hydrogen-bond donors (Lipinski definition) is 1. The van der Waals surface area contributed by atoms with E-state index in [1.165, 1.54) is 13.2 Å². The minimum atomic E-state index is -0.685. The largest absolute Gasteiger partial charge is 0.463 e. The van der Waals surface area contributed by atoms with E-state index in [4.69, 9.17) is 4.42 Å². The summed E-state index contributed by atoms with van der Waals surface area (Å²) in [6.45, 7) is 1.45. The second-order valence-corrected chi connectivity index (χ2v) is 4.68. The first-order valence-electron chi connectivity index (χ1n) is 6.29. The molecule has 1 aromatic heterocycles. The van der Waals surface area contributed by atoms with Gasteiger partial charge in [0.2, 0.25) is 0 Å². The van der Waals surface area contributed by atoms with E-state index in [0.717, 1.165) is 12.1 Å². The van der Waals surface area contributed by atoms with Crippen LogP contribution >= 0.6 is 0 Å². The van der Waals surface area contributed by atoms with Crippen molar-refractivity contribution in [2.45, 2.75) is 6.92 Å². The van der Waals surface area contributed by atoms with Gasteiger partial charge in [-0.2, -0.15) is 0 Å². The minimum absolute atomic E-state index is 0.180. The molecule has 0 fully saturated rings. The van der Waals surface area contributed by atoms with Crippen LogP contribution in [0.1, 0.15) is 15.9 Å². The molecule has 3 nitrogen and oxygen atoms in total. The molecule has 21 heavy (non-hydrogen) atoms. The van der Waals surface area contributed by atoms with Crippen LogP contribution < -0.4 is 5.32 Å². The highest BCUT2D eigenvalue weighted by Gasteiger charge is 2.16. The van der Waals surface area contributed by atoms with Crippen molar-refractivity contribution in [2.24, 2.45) is 0 Å². The fraction of sp³-hybridized carbons (Fsp3) is 0.0625. The molecule has 1 heterocycles. The second-order valence-electron chi connectivity index (χ2n) is 4.68. The lowest BCUT2D eigenvalue weighted by Crippen LogP contribution is -2.13. The van der Waals surface area contributed by atoms with Crippen LogP contribution in [0.3, 0.4) is 0 Å². The Labute approximate surface area is 119 Å². The van der Waals surface area contributed by atoms with Gasteiger partial charge in [-0.05, 0) is 24.6 Å². The minimum Gasteiger partial charge on any atom is -0.463 e. The maximum Gasteiger partial charge on any atom is 0.259 e. The molecule has 1 N–H and O–H groups in total. The fourth-order valence-corrected chi connectivity index (χ4v) is 2.09. The number of aryl methyl sites for hydroxylation is 1. The van der Waals surface area contributed by atoms with Crippen molar-refractivity contribution in [1.82, 2.24) is 0 Å². The van der Waals surface area contributed by atoms with Crippen molar-refractivity contribution in [3.63, 3.8) is 0 Å². The zero-order chi connectivity index (χ0) is 15.0. The second kappa shape index (κ2) is 5.01. The van der Waals surface area contributed by atoms with Gasteiger partial charge in [-0.25, -0.2) is 8.78 Å². The van der Waals surface area contributed by atoms with Crippen LogP contribution in [0.4, 0.5) is 14.5 Å².